The first-order chi connectivity index (χ1) is 13.9. The number of carbonyl (C=O) groups excluding carboxylic acids is 2. The second-order valence-electron chi connectivity index (χ2n) is 7.22. The zero-order valence-corrected chi connectivity index (χ0v) is 16.7. The van der Waals surface area contributed by atoms with E-state index in [0.717, 1.165) is 16.7 Å². The number of carbonyl (C=O) groups is 2. The van der Waals surface area contributed by atoms with Gasteiger partial charge in [-0.3, -0.25) is 9.78 Å². The molecule has 0 aliphatic carbocycles. The van der Waals surface area contributed by atoms with Crippen molar-refractivity contribution in [2.45, 2.75) is 13.8 Å². The molecule has 0 saturated carbocycles. The number of ether oxygens (including phenoxy) is 1. The van der Waals surface area contributed by atoms with Crippen LogP contribution in [0, 0.1) is 5.41 Å². The maximum Gasteiger partial charge on any atom is 0.319 e. The van der Waals surface area contributed by atoms with Gasteiger partial charge in [-0.25, -0.2) is 4.79 Å². The Bertz CT molecular complexity index is 1020. The molecule has 3 N–H and O–H groups in total. The van der Waals surface area contributed by atoms with Crippen LogP contribution in [-0.2, 0) is 4.79 Å². The van der Waals surface area contributed by atoms with Gasteiger partial charge in [-0.05, 0) is 50.2 Å². The summed E-state index contributed by atoms with van der Waals surface area (Å²) in [7, 11) is 1.57. The summed E-state index contributed by atoms with van der Waals surface area (Å²) in [4.78, 5) is 28.6. The van der Waals surface area contributed by atoms with E-state index < -0.39 is 11.4 Å². The van der Waals surface area contributed by atoms with Crippen molar-refractivity contribution in [3.05, 3.63) is 60.8 Å². The van der Waals surface area contributed by atoms with Crippen molar-refractivity contribution < 1.29 is 14.3 Å². The highest BCUT2D eigenvalue weighted by Gasteiger charge is 2.27. The van der Waals surface area contributed by atoms with Gasteiger partial charge in [0.05, 0.1) is 16.6 Å². The van der Waals surface area contributed by atoms with Gasteiger partial charge in [-0.1, -0.05) is 18.2 Å². The number of hydrogen-bond acceptors (Lipinski definition) is 4. The minimum atomic E-state index is -0.719. The summed E-state index contributed by atoms with van der Waals surface area (Å²) >= 11 is 0. The van der Waals surface area contributed by atoms with E-state index in [1.54, 1.807) is 33.2 Å². The topological polar surface area (TPSA) is 92.4 Å². The molecule has 0 aliphatic heterocycles. The van der Waals surface area contributed by atoms with Crippen molar-refractivity contribution in [3.63, 3.8) is 0 Å². The summed E-state index contributed by atoms with van der Waals surface area (Å²) < 4.78 is 5.88. The predicted octanol–water partition coefficient (Wildman–Crippen LogP) is 3.92. The molecule has 3 aromatic rings. The van der Waals surface area contributed by atoms with Gasteiger partial charge >= 0.3 is 6.03 Å². The fraction of sp³-hybridized carbons (Fsp3) is 0.227. The summed E-state index contributed by atoms with van der Waals surface area (Å²) in [5, 5.41) is 8.92. The molecule has 0 radical (unpaired) electrons. The number of para-hydroxylation sites is 1. The Labute approximate surface area is 169 Å². The summed E-state index contributed by atoms with van der Waals surface area (Å²) in [6.07, 6.45) is 1.63. The molecule has 0 unspecified atom stereocenters. The van der Waals surface area contributed by atoms with Crippen LogP contribution in [0.25, 0.3) is 10.9 Å². The first-order valence-electron chi connectivity index (χ1n) is 9.28. The Morgan fingerprint density at radius 1 is 1.03 bits per heavy atom. The first-order valence-corrected chi connectivity index (χ1v) is 9.28. The third-order valence-electron chi connectivity index (χ3n) is 4.47. The molecule has 7 nitrogen and oxygen atoms in total. The largest absolute Gasteiger partial charge is 0.457 e. The normalized spacial score (nSPS) is 11.0. The number of hydrogen-bond donors (Lipinski definition) is 3. The lowest BCUT2D eigenvalue weighted by atomic mass is 9.92. The van der Waals surface area contributed by atoms with E-state index in [-0.39, 0.29) is 12.5 Å². The molecule has 1 aromatic heterocycles. The molecule has 29 heavy (non-hydrogen) atoms. The van der Waals surface area contributed by atoms with Gasteiger partial charge in [-0.15, -0.1) is 0 Å². The number of fused-ring (bicyclic) bond motifs is 1. The predicted molar refractivity (Wildman–Crippen MR) is 113 cm³/mol. The van der Waals surface area contributed by atoms with Gasteiger partial charge in [-0.2, -0.15) is 0 Å². The van der Waals surface area contributed by atoms with Crippen LogP contribution in [0.3, 0.4) is 0 Å². The van der Waals surface area contributed by atoms with E-state index in [9.17, 15) is 9.59 Å². The minimum absolute atomic E-state index is 0.144. The summed E-state index contributed by atoms with van der Waals surface area (Å²) in [6, 6.07) is 16.3. The van der Waals surface area contributed by atoms with Gasteiger partial charge < -0.3 is 20.7 Å². The lowest BCUT2D eigenvalue weighted by Gasteiger charge is -2.23. The average molecular weight is 392 g/mol. The van der Waals surface area contributed by atoms with Crippen LogP contribution in [0.5, 0.6) is 11.5 Å². The van der Waals surface area contributed by atoms with Crippen LogP contribution in [-0.4, -0.2) is 30.5 Å². The highest BCUT2D eigenvalue weighted by Crippen LogP contribution is 2.29. The molecule has 3 rings (SSSR count). The van der Waals surface area contributed by atoms with Crippen molar-refractivity contribution in [3.8, 4) is 11.5 Å². The Hall–Kier alpha value is -3.61. The number of rotatable bonds is 6. The standard InChI is InChI=1S/C22H24N4O3/c1-22(2,20(27)23-3)14-25-21(28)26-19-11-12-24-18-10-9-16(13-17(18)19)29-15-7-5-4-6-8-15/h4-13H,14H2,1-3H3,(H,23,27)(H2,24,25,26,28). The van der Waals surface area contributed by atoms with E-state index in [1.807, 2.05) is 48.5 Å². The molecule has 3 amide bonds. The molecule has 0 aliphatic rings. The fourth-order valence-electron chi connectivity index (χ4n) is 2.81. The Morgan fingerprint density at radius 2 is 1.79 bits per heavy atom. The lowest BCUT2D eigenvalue weighted by Crippen LogP contribution is -2.44. The molecule has 0 fully saturated rings. The molecule has 0 bridgehead atoms. The minimum Gasteiger partial charge on any atom is -0.457 e. The van der Waals surface area contributed by atoms with Crippen molar-refractivity contribution in [2.75, 3.05) is 18.9 Å². The van der Waals surface area contributed by atoms with Gasteiger partial charge in [0.1, 0.15) is 11.5 Å². The summed E-state index contributed by atoms with van der Waals surface area (Å²) in [6.45, 7) is 3.73. The zero-order valence-electron chi connectivity index (χ0n) is 16.7. The quantitative estimate of drug-likeness (QED) is 0.593. The van der Waals surface area contributed by atoms with E-state index in [0.29, 0.717) is 11.4 Å². The van der Waals surface area contributed by atoms with Gasteiger partial charge in [0.15, 0.2) is 0 Å². The number of benzene rings is 2. The first kappa shape index (κ1) is 20.1. The third kappa shape index (κ3) is 5.01. The Kier molecular flexibility index (Phi) is 5.97. The number of nitrogens with one attached hydrogen (secondary N) is 3. The molecule has 0 saturated heterocycles. The zero-order chi connectivity index (χ0) is 20.9. The Morgan fingerprint density at radius 3 is 2.52 bits per heavy atom. The molecule has 7 heteroatoms. The molecule has 0 spiro atoms. The van der Waals surface area contributed by atoms with E-state index in [4.69, 9.17) is 4.74 Å². The summed E-state index contributed by atoms with van der Waals surface area (Å²) in [5.74, 6) is 1.22. The molecule has 1 heterocycles. The van der Waals surface area contributed by atoms with E-state index in [1.165, 1.54) is 0 Å². The van der Waals surface area contributed by atoms with Crippen molar-refractivity contribution in [2.24, 2.45) is 5.41 Å². The highest BCUT2D eigenvalue weighted by atomic mass is 16.5. The van der Waals surface area contributed by atoms with Gasteiger partial charge in [0, 0.05) is 25.2 Å². The molecule has 150 valence electrons. The second kappa shape index (κ2) is 8.60. The molecular weight excluding hydrogens is 368 g/mol. The maximum atomic E-state index is 12.4. The summed E-state index contributed by atoms with van der Waals surface area (Å²) in [5.41, 5.74) is 0.612. The van der Waals surface area contributed by atoms with Crippen LogP contribution >= 0.6 is 0 Å². The van der Waals surface area contributed by atoms with Gasteiger partial charge in [0.25, 0.3) is 0 Å². The van der Waals surface area contributed by atoms with Crippen molar-refractivity contribution in [1.29, 1.82) is 0 Å². The highest BCUT2D eigenvalue weighted by molar-refractivity contribution is 6.00. The number of aromatic nitrogens is 1. The molecule has 0 atom stereocenters. The molecular formula is C22H24N4O3. The van der Waals surface area contributed by atoms with Crippen molar-refractivity contribution >= 4 is 28.5 Å². The Balaban J connectivity index is 1.75. The van der Waals surface area contributed by atoms with E-state index in [2.05, 4.69) is 20.9 Å². The van der Waals surface area contributed by atoms with Crippen LogP contribution in [0.2, 0.25) is 0 Å². The average Bonchev–Trinajstić information content (AvgIpc) is 2.73. The smallest absolute Gasteiger partial charge is 0.319 e. The molecule has 2 aromatic carbocycles. The van der Waals surface area contributed by atoms with Gasteiger partial charge in [0.2, 0.25) is 5.91 Å². The van der Waals surface area contributed by atoms with Crippen molar-refractivity contribution in [1.82, 2.24) is 15.6 Å². The van der Waals surface area contributed by atoms with Crippen LogP contribution in [0.4, 0.5) is 10.5 Å². The van der Waals surface area contributed by atoms with Crippen LogP contribution in [0.1, 0.15) is 13.8 Å². The third-order valence-corrected chi connectivity index (χ3v) is 4.47. The SMILES string of the molecule is CNC(=O)C(C)(C)CNC(=O)Nc1ccnc2ccc(Oc3ccccc3)cc12. The second-order valence-corrected chi connectivity index (χ2v) is 7.22. The monoisotopic (exact) mass is 392 g/mol. The maximum absolute atomic E-state index is 12.4. The number of pyridine rings is 1. The number of urea groups is 1. The van der Waals surface area contributed by atoms with Crippen LogP contribution < -0.4 is 20.7 Å². The van der Waals surface area contributed by atoms with Crippen LogP contribution in [0.15, 0.2) is 60.8 Å². The van der Waals surface area contributed by atoms with E-state index >= 15 is 0 Å². The number of nitrogens with zero attached hydrogens (tertiary/aromatic N) is 1. The lowest BCUT2D eigenvalue weighted by molar-refractivity contribution is -0.128. The number of amides is 3. The number of anilines is 1. The fourth-order valence-corrected chi connectivity index (χ4v) is 2.81.